The minimum atomic E-state index is 0.383. The first-order valence-corrected chi connectivity index (χ1v) is 5.57. The van der Waals surface area contributed by atoms with Crippen molar-refractivity contribution in [3.63, 3.8) is 0 Å². The Morgan fingerprint density at radius 3 is 2.53 bits per heavy atom. The third-order valence-electron chi connectivity index (χ3n) is 2.33. The Hall–Kier alpha value is -1.94. The van der Waals surface area contributed by atoms with Crippen LogP contribution >= 0.6 is 12.2 Å². The molecular weight excluding hydrogens is 232 g/mol. The smallest absolute Gasteiger partial charge is 0.148 e. The highest BCUT2D eigenvalue weighted by Gasteiger charge is 2.02. The zero-order valence-electron chi connectivity index (χ0n) is 9.38. The summed E-state index contributed by atoms with van der Waals surface area (Å²) >= 11 is 4.88. The van der Waals surface area contributed by atoms with E-state index in [9.17, 15) is 0 Å². The highest BCUT2D eigenvalue weighted by molar-refractivity contribution is 7.80. The summed E-state index contributed by atoms with van der Waals surface area (Å²) in [6.07, 6.45) is 1.73. The fourth-order valence-electron chi connectivity index (χ4n) is 1.39. The highest BCUT2D eigenvalue weighted by Crippen LogP contribution is 2.23. The Kier molecular flexibility index (Phi) is 3.35. The minimum absolute atomic E-state index is 0.383. The van der Waals surface area contributed by atoms with Gasteiger partial charge in [-0.2, -0.15) is 0 Å². The van der Waals surface area contributed by atoms with E-state index in [0.717, 1.165) is 22.8 Å². The van der Waals surface area contributed by atoms with Gasteiger partial charge >= 0.3 is 0 Å². The Labute approximate surface area is 105 Å². The van der Waals surface area contributed by atoms with Crippen molar-refractivity contribution in [2.24, 2.45) is 5.73 Å². The number of rotatable bonds is 3. The molecule has 0 radical (unpaired) electrons. The molecule has 3 nitrogen and oxygen atoms in total. The van der Waals surface area contributed by atoms with Gasteiger partial charge in [0, 0.05) is 11.8 Å². The van der Waals surface area contributed by atoms with Crippen LogP contribution in [0.4, 0.5) is 0 Å². The number of nitrogens with two attached hydrogens (primary N) is 1. The summed E-state index contributed by atoms with van der Waals surface area (Å²) in [4.78, 5) is 4.54. The van der Waals surface area contributed by atoms with Crippen LogP contribution in [0.25, 0.3) is 0 Å². The van der Waals surface area contributed by atoms with Crippen molar-refractivity contribution in [2.75, 3.05) is 0 Å². The van der Waals surface area contributed by atoms with Crippen molar-refractivity contribution in [3.8, 4) is 11.5 Å². The Morgan fingerprint density at radius 1 is 1.24 bits per heavy atom. The quantitative estimate of drug-likeness (QED) is 0.843. The van der Waals surface area contributed by atoms with Gasteiger partial charge in [0.2, 0.25) is 0 Å². The first kappa shape index (κ1) is 11.5. The lowest BCUT2D eigenvalue weighted by Gasteiger charge is -2.08. The molecule has 4 heteroatoms. The second-order valence-corrected chi connectivity index (χ2v) is 4.02. The van der Waals surface area contributed by atoms with E-state index in [0.29, 0.717) is 4.99 Å². The maximum Gasteiger partial charge on any atom is 0.148 e. The number of aromatic nitrogens is 1. The lowest BCUT2D eigenvalue weighted by atomic mass is 10.2. The molecule has 2 aromatic rings. The molecule has 0 saturated carbocycles. The molecule has 0 fully saturated rings. The lowest BCUT2D eigenvalue weighted by Crippen LogP contribution is -2.08. The number of thiocarbonyl (C=S) groups is 1. The average Bonchev–Trinajstić information content (AvgIpc) is 2.33. The van der Waals surface area contributed by atoms with E-state index >= 15 is 0 Å². The Bertz CT molecular complexity index is 537. The van der Waals surface area contributed by atoms with E-state index in [-0.39, 0.29) is 0 Å². The normalized spacial score (nSPS) is 9.94. The Balaban J connectivity index is 2.20. The zero-order chi connectivity index (χ0) is 12.3. The molecule has 0 saturated heterocycles. The predicted molar refractivity (Wildman–Crippen MR) is 71.4 cm³/mol. The molecule has 0 atom stereocenters. The van der Waals surface area contributed by atoms with Crippen LogP contribution in [0.5, 0.6) is 11.5 Å². The SMILES string of the molecule is Cc1ncccc1Oc1ccc(C(N)=S)cc1. The molecule has 1 aromatic heterocycles. The van der Waals surface area contributed by atoms with E-state index in [1.165, 1.54) is 0 Å². The van der Waals surface area contributed by atoms with Gasteiger partial charge in [-0.3, -0.25) is 4.98 Å². The molecule has 0 spiro atoms. The summed E-state index contributed by atoms with van der Waals surface area (Å²) < 4.78 is 5.70. The number of hydrogen-bond acceptors (Lipinski definition) is 3. The van der Waals surface area contributed by atoms with Crippen molar-refractivity contribution < 1.29 is 4.74 Å². The average molecular weight is 244 g/mol. The van der Waals surface area contributed by atoms with E-state index in [2.05, 4.69) is 4.98 Å². The van der Waals surface area contributed by atoms with E-state index in [1.54, 1.807) is 6.20 Å². The van der Waals surface area contributed by atoms with Crippen LogP contribution in [-0.4, -0.2) is 9.97 Å². The van der Waals surface area contributed by atoms with Crippen LogP contribution in [0.15, 0.2) is 42.6 Å². The highest BCUT2D eigenvalue weighted by atomic mass is 32.1. The molecule has 0 aliphatic carbocycles. The number of aryl methyl sites for hydroxylation is 1. The lowest BCUT2D eigenvalue weighted by molar-refractivity contribution is 0.476. The molecule has 0 amide bonds. The molecular formula is C13H12N2OS. The van der Waals surface area contributed by atoms with Crippen molar-refractivity contribution in [3.05, 3.63) is 53.9 Å². The van der Waals surface area contributed by atoms with Crippen molar-refractivity contribution in [1.29, 1.82) is 0 Å². The van der Waals surface area contributed by atoms with Crippen LogP contribution in [-0.2, 0) is 0 Å². The van der Waals surface area contributed by atoms with Gasteiger partial charge in [-0.15, -0.1) is 0 Å². The Morgan fingerprint density at radius 2 is 1.94 bits per heavy atom. The summed E-state index contributed by atoms with van der Waals surface area (Å²) in [5.74, 6) is 1.48. The van der Waals surface area contributed by atoms with Crippen LogP contribution in [0.2, 0.25) is 0 Å². The summed E-state index contributed by atoms with van der Waals surface area (Å²) in [5.41, 5.74) is 7.20. The molecule has 0 bridgehead atoms. The number of pyridine rings is 1. The fourth-order valence-corrected chi connectivity index (χ4v) is 1.53. The van der Waals surface area contributed by atoms with E-state index in [1.807, 2.05) is 43.3 Å². The molecule has 86 valence electrons. The van der Waals surface area contributed by atoms with Gasteiger partial charge in [-0.25, -0.2) is 0 Å². The molecule has 2 rings (SSSR count). The minimum Gasteiger partial charge on any atom is -0.455 e. The van der Waals surface area contributed by atoms with Gasteiger partial charge in [-0.1, -0.05) is 12.2 Å². The molecule has 0 unspecified atom stereocenters. The topological polar surface area (TPSA) is 48.1 Å². The molecule has 0 aliphatic rings. The summed E-state index contributed by atoms with van der Waals surface area (Å²) in [5, 5.41) is 0. The maximum atomic E-state index is 5.70. The van der Waals surface area contributed by atoms with Crippen LogP contribution in [0, 0.1) is 6.92 Å². The van der Waals surface area contributed by atoms with Gasteiger partial charge in [0.1, 0.15) is 16.5 Å². The summed E-state index contributed by atoms with van der Waals surface area (Å²) in [6.45, 7) is 1.90. The third kappa shape index (κ3) is 2.79. The van der Waals surface area contributed by atoms with Gasteiger partial charge in [-0.05, 0) is 43.3 Å². The second kappa shape index (κ2) is 4.93. The van der Waals surface area contributed by atoms with Crippen LogP contribution in [0.3, 0.4) is 0 Å². The zero-order valence-corrected chi connectivity index (χ0v) is 10.2. The monoisotopic (exact) mass is 244 g/mol. The first-order valence-electron chi connectivity index (χ1n) is 5.16. The summed E-state index contributed by atoms with van der Waals surface area (Å²) in [7, 11) is 0. The van der Waals surface area contributed by atoms with Gasteiger partial charge in [0.05, 0.1) is 5.69 Å². The van der Waals surface area contributed by atoms with E-state index < -0.39 is 0 Å². The van der Waals surface area contributed by atoms with Crippen molar-refractivity contribution in [1.82, 2.24) is 4.98 Å². The standard InChI is InChI=1S/C13H12N2OS/c1-9-12(3-2-8-15-9)16-11-6-4-10(5-7-11)13(14)17/h2-8H,1H3,(H2,14,17). The number of ether oxygens (including phenoxy) is 1. The van der Waals surface area contributed by atoms with Crippen LogP contribution < -0.4 is 10.5 Å². The second-order valence-electron chi connectivity index (χ2n) is 3.58. The molecule has 1 heterocycles. The molecule has 2 N–H and O–H groups in total. The number of nitrogens with zero attached hydrogens (tertiary/aromatic N) is 1. The van der Waals surface area contributed by atoms with Gasteiger partial charge in [0.25, 0.3) is 0 Å². The largest absolute Gasteiger partial charge is 0.455 e. The van der Waals surface area contributed by atoms with Gasteiger partial charge in [0.15, 0.2) is 0 Å². The predicted octanol–water partition coefficient (Wildman–Crippen LogP) is 2.82. The molecule has 1 aromatic carbocycles. The molecule has 17 heavy (non-hydrogen) atoms. The number of hydrogen-bond donors (Lipinski definition) is 1. The van der Waals surface area contributed by atoms with E-state index in [4.69, 9.17) is 22.7 Å². The maximum absolute atomic E-state index is 5.70. The number of benzene rings is 1. The fraction of sp³-hybridized carbons (Fsp3) is 0.0769. The van der Waals surface area contributed by atoms with Crippen molar-refractivity contribution >= 4 is 17.2 Å². The van der Waals surface area contributed by atoms with Crippen molar-refractivity contribution in [2.45, 2.75) is 6.92 Å². The van der Waals surface area contributed by atoms with Crippen LogP contribution in [0.1, 0.15) is 11.3 Å². The molecule has 0 aliphatic heterocycles. The van der Waals surface area contributed by atoms with Gasteiger partial charge < -0.3 is 10.5 Å². The third-order valence-corrected chi connectivity index (χ3v) is 2.56. The summed E-state index contributed by atoms with van der Waals surface area (Å²) in [6, 6.07) is 11.1. The first-order chi connectivity index (χ1) is 8.16.